The fourth-order valence-corrected chi connectivity index (χ4v) is 13.8. The summed E-state index contributed by atoms with van der Waals surface area (Å²) >= 11 is 1.89. The van der Waals surface area contributed by atoms with Gasteiger partial charge in [-0.1, -0.05) is 189 Å². The highest BCUT2D eigenvalue weighted by atomic mass is 32.1. The van der Waals surface area contributed by atoms with Gasteiger partial charge in [-0.05, 0) is 139 Å². The van der Waals surface area contributed by atoms with Gasteiger partial charge in [0.2, 0.25) is 0 Å². The van der Waals surface area contributed by atoms with E-state index < -0.39 is 5.41 Å². The second-order valence-corrected chi connectivity index (χ2v) is 20.1. The average molecular weight is 860 g/mol. The third-order valence-corrected chi connectivity index (χ3v) is 16.7. The van der Waals surface area contributed by atoms with Crippen LogP contribution >= 0.6 is 11.3 Å². The van der Waals surface area contributed by atoms with E-state index in [9.17, 15) is 0 Å². The number of rotatable bonds is 4. The minimum Gasteiger partial charge on any atom is -0.310 e. The Morgan fingerprint density at radius 2 is 0.939 bits per heavy atom. The molecule has 0 unspecified atom stereocenters. The Kier molecular flexibility index (Phi) is 8.02. The zero-order valence-electron chi connectivity index (χ0n) is 37.0. The van der Waals surface area contributed by atoms with E-state index in [1.165, 1.54) is 109 Å². The zero-order chi connectivity index (χ0) is 43.7. The molecule has 2 heteroatoms. The fourth-order valence-electron chi connectivity index (χ4n) is 12.5. The van der Waals surface area contributed by atoms with Gasteiger partial charge in [-0.2, -0.15) is 0 Å². The number of nitrogens with zero attached hydrogens (tertiary/aromatic N) is 1. The summed E-state index contributed by atoms with van der Waals surface area (Å²) in [6.45, 7) is 4.86. The third kappa shape index (κ3) is 5.11. The maximum absolute atomic E-state index is 2.54. The molecule has 1 spiro atoms. The SMILES string of the molecule is CC1(C)C2=C(C=CCC2)c2ccc(N(c3ccc(-c4cccc5c4sc4ccccc45)cc3)c3ccc4c(c3)C3(c5ccccc5-c5ccccc5-c5ccccc53)c3ccccc3-4)cc21. The molecule has 312 valence electrons. The lowest BCUT2D eigenvalue weighted by molar-refractivity contribution is 0.607. The number of allylic oxidation sites excluding steroid dienone is 4. The predicted octanol–water partition coefficient (Wildman–Crippen LogP) is 17.6. The summed E-state index contributed by atoms with van der Waals surface area (Å²) in [6, 6.07) is 76.1. The molecule has 0 bridgehead atoms. The summed E-state index contributed by atoms with van der Waals surface area (Å²) < 4.78 is 2.66. The normalized spacial score (nSPS) is 15.4. The minimum absolute atomic E-state index is 0.0592. The van der Waals surface area contributed by atoms with Crippen LogP contribution in [0.1, 0.15) is 60.1 Å². The van der Waals surface area contributed by atoms with Gasteiger partial charge in [-0.25, -0.2) is 0 Å². The predicted molar refractivity (Wildman–Crippen MR) is 280 cm³/mol. The lowest BCUT2D eigenvalue weighted by Crippen LogP contribution is -2.29. The Hall–Kier alpha value is -7.52. The Morgan fingerprint density at radius 1 is 0.424 bits per heavy atom. The third-order valence-electron chi connectivity index (χ3n) is 15.4. The van der Waals surface area contributed by atoms with Crippen molar-refractivity contribution in [1.29, 1.82) is 0 Å². The Bertz CT molecular complexity index is 3680. The summed E-state index contributed by atoms with van der Waals surface area (Å²) in [5.41, 5.74) is 24.1. The van der Waals surface area contributed by atoms with Crippen LogP contribution in [0.2, 0.25) is 0 Å². The highest BCUT2D eigenvalue weighted by Crippen LogP contribution is 2.62. The summed E-state index contributed by atoms with van der Waals surface area (Å²) in [6.07, 6.45) is 6.94. The van der Waals surface area contributed by atoms with E-state index in [4.69, 9.17) is 0 Å². The molecule has 9 aromatic carbocycles. The second-order valence-electron chi connectivity index (χ2n) is 19.0. The second kappa shape index (κ2) is 14.0. The monoisotopic (exact) mass is 859 g/mol. The van der Waals surface area contributed by atoms with Gasteiger partial charge in [0, 0.05) is 42.6 Å². The molecule has 0 saturated carbocycles. The number of hydrogen-bond acceptors (Lipinski definition) is 2. The summed E-state index contributed by atoms with van der Waals surface area (Å²) in [5.74, 6) is 0. The molecular weight excluding hydrogens is 815 g/mol. The molecule has 0 radical (unpaired) electrons. The Balaban J connectivity index is 1.01. The first-order valence-corrected chi connectivity index (χ1v) is 24.2. The van der Waals surface area contributed by atoms with Crippen molar-refractivity contribution in [3.05, 3.63) is 251 Å². The first kappa shape index (κ1) is 37.8. The molecule has 1 nitrogen and oxygen atoms in total. The molecule has 0 saturated heterocycles. The molecule has 0 atom stereocenters. The van der Waals surface area contributed by atoms with Crippen molar-refractivity contribution in [3.63, 3.8) is 0 Å². The lowest BCUT2D eigenvalue weighted by Gasteiger charge is -2.36. The molecule has 66 heavy (non-hydrogen) atoms. The van der Waals surface area contributed by atoms with E-state index in [1.54, 1.807) is 5.57 Å². The van der Waals surface area contributed by atoms with Crippen LogP contribution in [0.3, 0.4) is 0 Å². The van der Waals surface area contributed by atoms with Gasteiger partial charge in [-0.15, -0.1) is 11.3 Å². The molecule has 0 fully saturated rings. The molecule has 0 N–H and O–H groups in total. The maximum atomic E-state index is 2.54. The number of hydrogen-bond donors (Lipinski definition) is 0. The minimum atomic E-state index is -0.568. The molecule has 14 rings (SSSR count). The van der Waals surface area contributed by atoms with E-state index >= 15 is 0 Å². The molecule has 1 aromatic heterocycles. The van der Waals surface area contributed by atoms with Gasteiger partial charge in [0.25, 0.3) is 0 Å². The molecule has 4 aliphatic carbocycles. The Labute approximate surface area is 390 Å². The van der Waals surface area contributed by atoms with E-state index in [2.05, 4.69) is 231 Å². The zero-order valence-corrected chi connectivity index (χ0v) is 37.8. The van der Waals surface area contributed by atoms with Crippen LogP contribution in [-0.4, -0.2) is 0 Å². The van der Waals surface area contributed by atoms with Crippen LogP contribution in [0.15, 0.2) is 218 Å². The smallest absolute Gasteiger partial charge is 0.0726 e. The van der Waals surface area contributed by atoms with Crippen LogP contribution in [0, 0.1) is 0 Å². The van der Waals surface area contributed by atoms with E-state index in [-0.39, 0.29) is 5.41 Å². The van der Waals surface area contributed by atoms with E-state index in [0.29, 0.717) is 0 Å². The number of thiophene rings is 1. The first-order valence-electron chi connectivity index (χ1n) is 23.4. The van der Waals surface area contributed by atoms with Crippen LogP contribution in [0.4, 0.5) is 17.1 Å². The van der Waals surface area contributed by atoms with Crippen molar-refractivity contribution < 1.29 is 0 Å². The average Bonchev–Trinajstić information content (AvgIpc) is 3.95. The molecule has 0 aliphatic heterocycles. The van der Waals surface area contributed by atoms with Crippen LogP contribution in [-0.2, 0) is 10.8 Å². The molecule has 1 heterocycles. The standard InChI is InChI=1S/C64H45NS/c1-63(2)55-25-10-5-20-49(55)51-36-34-42(38-59(51)63)65(41-32-30-40(31-33-41)44-23-15-24-54-53-22-9-14-29-61(53)66-62(44)54)43-35-37-52-50-21-8-13-28-58(50)64(60(52)39-43)56-26-11-6-18-47(56)45-16-3-4-17-46(45)48-19-7-12-27-57(48)64/h3-9,11-24,26-39H,10,25H2,1-2H3. The van der Waals surface area contributed by atoms with Crippen molar-refractivity contribution >= 4 is 54.1 Å². The number of fused-ring (bicyclic) bond motifs is 17. The topological polar surface area (TPSA) is 3.24 Å². The maximum Gasteiger partial charge on any atom is 0.0726 e. The van der Waals surface area contributed by atoms with Crippen LogP contribution in [0.25, 0.3) is 70.3 Å². The van der Waals surface area contributed by atoms with Crippen molar-refractivity contribution in [3.8, 4) is 44.5 Å². The Morgan fingerprint density at radius 3 is 1.62 bits per heavy atom. The van der Waals surface area contributed by atoms with Crippen LogP contribution < -0.4 is 4.90 Å². The largest absolute Gasteiger partial charge is 0.310 e. The molecule has 10 aromatic rings. The van der Waals surface area contributed by atoms with Crippen molar-refractivity contribution in [2.45, 2.75) is 37.5 Å². The number of benzene rings is 9. The van der Waals surface area contributed by atoms with E-state index in [1.807, 2.05) is 11.3 Å². The summed E-state index contributed by atoms with van der Waals surface area (Å²) in [7, 11) is 0. The quantitative estimate of drug-likeness (QED) is 0.170. The number of anilines is 3. The lowest BCUT2D eigenvalue weighted by atomic mass is 9.66. The van der Waals surface area contributed by atoms with Crippen molar-refractivity contribution in [2.24, 2.45) is 0 Å². The van der Waals surface area contributed by atoms with Gasteiger partial charge in [-0.3, -0.25) is 0 Å². The molecule has 0 amide bonds. The van der Waals surface area contributed by atoms with Crippen molar-refractivity contribution in [1.82, 2.24) is 0 Å². The van der Waals surface area contributed by atoms with E-state index in [0.717, 1.165) is 24.2 Å². The molecule has 4 aliphatic rings. The summed E-state index contributed by atoms with van der Waals surface area (Å²) in [4.78, 5) is 2.52. The summed E-state index contributed by atoms with van der Waals surface area (Å²) in [5, 5.41) is 2.65. The fraction of sp³-hybridized carbons (Fsp3) is 0.0938. The van der Waals surface area contributed by atoms with Gasteiger partial charge in [0.1, 0.15) is 0 Å². The van der Waals surface area contributed by atoms with Gasteiger partial charge < -0.3 is 4.90 Å². The first-order chi connectivity index (χ1) is 32.5. The molecular formula is C64H45NS. The highest BCUT2D eigenvalue weighted by molar-refractivity contribution is 7.26. The highest BCUT2D eigenvalue weighted by Gasteiger charge is 2.50. The van der Waals surface area contributed by atoms with Gasteiger partial charge in [0.15, 0.2) is 0 Å². The van der Waals surface area contributed by atoms with Crippen molar-refractivity contribution in [2.75, 3.05) is 4.90 Å². The van der Waals surface area contributed by atoms with Crippen LogP contribution in [0.5, 0.6) is 0 Å². The van der Waals surface area contributed by atoms with Gasteiger partial charge >= 0.3 is 0 Å². The van der Waals surface area contributed by atoms with Gasteiger partial charge in [0.05, 0.1) is 5.41 Å².